The van der Waals surface area contributed by atoms with Crippen LogP contribution in [0, 0.1) is 0 Å². The van der Waals surface area contributed by atoms with Crippen LogP contribution in [0.25, 0.3) is 0 Å². The van der Waals surface area contributed by atoms with Crippen molar-refractivity contribution in [2.24, 2.45) is 0 Å². The Morgan fingerprint density at radius 1 is 1.28 bits per heavy atom. The monoisotopic (exact) mass is 456 g/mol. The molecule has 1 atom stereocenters. The topological polar surface area (TPSA) is 78.5 Å². The number of benzene rings is 1. The molecular weight excluding hydrogens is 424 g/mol. The van der Waals surface area contributed by atoms with Crippen molar-refractivity contribution >= 4 is 17.7 Å². The standard InChI is InChI=1S/C24H32N4O3S/c1-3-18-9-6-7-12-28(18)22(29)16-32-24-25-20-11-13-27(15-19(20)23(30)26-24)14-17-8-4-5-10-21(17)31-2/h4-5,8,10,18H,3,6-7,9,11-16H2,1-2H3,(H,25,26,30). The number of rotatable bonds is 7. The number of fused-ring (bicyclic) bond motifs is 1. The number of para-hydroxylation sites is 1. The molecule has 1 aromatic carbocycles. The Morgan fingerprint density at radius 2 is 2.12 bits per heavy atom. The first kappa shape index (κ1) is 22.9. The van der Waals surface area contributed by atoms with Crippen LogP contribution in [-0.2, 0) is 24.3 Å². The van der Waals surface area contributed by atoms with Gasteiger partial charge in [0.05, 0.1) is 24.1 Å². The van der Waals surface area contributed by atoms with Gasteiger partial charge in [-0.2, -0.15) is 0 Å². The van der Waals surface area contributed by atoms with E-state index in [0.29, 0.717) is 23.5 Å². The van der Waals surface area contributed by atoms with Crippen molar-refractivity contribution in [1.29, 1.82) is 0 Å². The van der Waals surface area contributed by atoms with Crippen molar-refractivity contribution in [1.82, 2.24) is 19.8 Å². The Balaban J connectivity index is 1.39. The molecule has 1 saturated heterocycles. The lowest BCUT2D eigenvalue weighted by Gasteiger charge is -2.35. The number of carbonyl (C=O) groups is 1. The number of piperidine rings is 1. The zero-order chi connectivity index (χ0) is 22.5. The second-order valence-corrected chi connectivity index (χ2v) is 9.47. The number of hydrogen-bond donors (Lipinski definition) is 1. The highest BCUT2D eigenvalue weighted by Gasteiger charge is 2.26. The summed E-state index contributed by atoms with van der Waals surface area (Å²) in [4.78, 5) is 37.4. The summed E-state index contributed by atoms with van der Waals surface area (Å²) in [6.45, 7) is 5.10. The van der Waals surface area contributed by atoms with Gasteiger partial charge in [0.15, 0.2) is 5.16 Å². The normalized spacial score (nSPS) is 18.9. The van der Waals surface area contributed by atoms with Gasteiger partial charge in [0.2, 0.25) is 5.91 Å². The molecule has 2 aromatic rings. The maximum absolute atomic E-state index is 12.8. The second-order valence-electron chi connectivity index (χ2n) is 8.50. The van der Waals surface area contributed by atoms with Crippen LogP contribution in [0.5, 0.6) is 5.75 Å². The number of nitrogens with one attached hydrogen (secondary N) is 1. The van der Waals surface area contributed by atoms with E-state index in [4.69, 9.17) is 9.72 Å². The molecule has 2 aliphatic rings. The van der Waals surface area contributed by atoms with Gasteiger partial charge in [-0.15, -0.1) is 0 Å². The van der Waals surface area contributed by atoms with E-state index in [2.05, 4.69) is 22.9 Å². The molecule has 0 saturated carbocycles. The predicted octanol–water partition coefficient (Wildman–Crippen LogP) is 3.22. The predicted molar refractivity (Wildman–Crippen MR) is 126 cm³/mol. The summed E-state index contributed by atoms with van der Waals surface area (Å²) < 4.78 is 5.46. The Labute approximate surface area is 193 Å². The fourth-order valence-corrected chi connectivity index (χ4v) is 5.47. The molecule has 2 aliphatic heterocycles. The molecule has 32 heavy (non-hydrogen) atoms. The number of likely N-dealkylation sites (tertiary alicyclic amines) is 1. The number of hydrogen-bond acceptors (Lipinski definition) is 6. The number of aromatic nitrogens is 2. The van der Waals surface area contributed by atoms with Gasteiger partial charge in [-0.25, -0.2) is 4.98 Å². The molecule has 7 nitrogen and oxygen atoms in total. The molecule has 1 fully saturated rings. The lowest BCUT2D eigenvalue weighted by molar-refractivity contribution is -0.132. The quantitative estimate of drug-likeness (QED) is 0.509. The van der Waals surface area contributed by atoms with Gasteiger partial charge in [-0.3, -0.25) is 14.5 Å². The maximum atomic E-state index is 12.8. The van der Waals surface area contributed by atoms with Crippen LogP contribution >= 0.6 is 11.8 Å². The van der Waals surface area contributed by atoms with Gasteiger partial charge in [-0.1, -0.05) is 36.9 Å². The highest BCUT2D eigenvalue weighted by molar-refractivity contribution is 7.99. The average Bonchev–Trinajstić information content (AvgIpc) is 2.83. The summed E-state index contributed by atoms with van der Waals surface area (Å²) in [6.07, 6.45) is 5.08. The molecule has 8 heteroatoms. The third-order valence-electron chi connectivity index (χ3n) is 6.46. The minimum atomic E-state index is -0.0981. The molecule has 4 rings (SSSR count). The molecule has 0 spiro atoms. The van der Waals surface area contributed by atoms with Crippen LogP contribution in [0.1, 0.15) is 49.4 Å². The zero-order valence-electron chi connectivity index (χ0n) is 18.9. The molecule has 3 heterocycles. The largest absolute Gasteiger partial charge is 0.496 e. The van der Waals surface area contributed by atoms with Crippen molar-refractivity contribution in [3.05, 3.63) is 51.4 Å². The highest BCUT2D eigenvalue weighted by Crippen LogP contribution is 2.25. The first-order chi connectivity index (χ1) is 15.6. The molecule has 0 radical (unpaired) electrons. The van der Waals surface area contributed by atoms with Crippen LogP contribution in [0.4, 0.5) is 0 Å². The summed E-state index contributed by atoms with van der Waals surface area (Å²) >= 11 is 1.34. The SMILES string of the molecule is CCC1CCCCN1C(=O)CSc1nc2c(c(=O)[nH]1)CN(Cc1ccccc1OC)CC2. The second kappa shape index (κ2) is 10.5. The van der Waals surface area contributed by atoms with E-state index in [-0.39, 0.29) is 11.5 Å². The number of thioether (sulfide) groups is 1. The van der Waals surface area contributed by atoms with E-state index in [1.807, 2.05) is 23.1 Å². The van der Waals surface area contributed by atoms with Crippen molar-refractivity contribution < 1.29 is 9.53 Å². The summed E-state index contributed by atoms with van der Waals surface area (Å²) in [7, 11) is 1.68. The van der Waals surface area contributed by atoms with Gasteiger partial charge in [0.25, 0.3) is 5.56 Å². The highest BCUT2D eigenvalue weighted by atomic mass is 32.2. The number of methoxy groups -OCH3 is 1. The third kappa shape index (κ3) is 5.18. The third-order valence-corrected chi connectivity index (χ3v) is 7.32. The van der Waals surface area contributed by atoms with Gasteiger partial charge >= 0.3 is 0 Å². The van der Waals surface area contributed by atoms with E-state index >= 15 is 0 Å². The summed E-state index contributed by atoms with van der Waals surface area (Å²) in [5, 5.41) is 0.547. The molecule has 1 aromatic heterocycles. The van der Waals surface area contributed by atoms with Crippen LogP contribution in [0.2, 0.25) is 0 Å². The lowest BCUT2D eigenvalue weighted by Crippen LogP contribution is -2.44. The zero-order valence-corrected chi connectivity index (χ0v) is 19.7. The number of H-pyrrole nitrogens is 1. The van der Waals surface area contributed by atoms with Gasteiger partial charge in [-0.05, 0) is 31.7 Å². The van der Waals surface area contributed by atoms with E-state index in [1.165, 1.54) is 18.2 Å². The maximum Gasteiger partial charge on any atom is 0.256 e. The Bertz CT molecular complexity index is 1010. The number of nitrogens with zero attached hydrogens (tertiary/aromatic N) is 3. The van der Waals surface area contributed by atoms with Gasteiger partial charge in [0, 0.05) is 44.2 Å². The first-order valence-corrected chi connectivity index (χ1v) is 12.5. The van der Waals surface area contributed by atoms with Gasteiger partial charge < -0.3 is 14.6 Å². The molecule has 0 bridgehead atoms. The minimum Gasteiger partial charge on any atom is -0.496 e. The van der Waals surface area contributed by atoms with Crippen LogP contribution < -0.4 is 10.3 Å². The lowest BCUT2D eigenvalue weighted by atomic mass is 10.0. The first-order valence-electron chi connectivity index (χ1n) is 11.5. The number of aromatic amines is 1. The van der Waals surface area contributed by atoms with Crippen molar-refractivity contribution in [2.45, 2.75) is 63.3 Å². The Hall–Kier alpha value is -2.32. The fraction of sp³-hybridized carbons (Fsp3) is 0.542. The molecule has 0 aliphatic carbocycles. The molecule has 172 valence electrons. The van der Waals surface area contributed by atoms with E-state index < -0.39 is 0 Å². The van der Waals surface area contributed by atoms with Crippen LogP contribution in [0.15, 0.2) is 34.2 Å². The summed E-state index contributed by atoms with van der Waals surface area (Å²) in [5.41, 5.74) is 2.59. The Kier molecular flexibility index (Phi) is 7.52. The van der Waals surface area contributed by atoms with Crippen molar-refractivity contribution in [3.63, 3.8) is 0 Å². The van der Waals surface area contributed by atoms with E-state index in [1.54, 1.807) is 7.11 Å². The molecular formula is C24H32N4O3S. The molecule has 1 N–H and O–H groups in total. The van der Waals surface area contributed by atoms with Crippen molar-refractivity contribution in [3.8, 4) is 5.75 Å². The van der Waals surface area contributed by atoms with Gasteiger partial charge in [0.1, 0.15) is 5.75 Å². The summed E-state index contributed by atoms with van der Waals surface area (Å²) in [5.74, 6) is 1.32. The summed E-state index contributed by atoms with van der Waals surface area (Å²) in [6, 6.07) is 8.32. The van der Waals surface area contributed by atoms with Crippen LogP contribution in [0.3, 0.4) is 0 Å². The molecule has 1 amide bonds. The van der Waals surface area contributed by atoms with E-state index in [0.717, 1.165) is 67.9 Å². The fourth-order valence-electron chi connectivity index (χ4n) is 4.70. The van der Waals surface area contributed by atoms with Crippen molar-refractivity contribution in [2.75, 3.05) is 26.0 Å². The van der Waals surface area contributed by atoms with E-state index in [9.17, 15) is 9.59 Å². The minimum absolute atomic E-state index is 0.0981. The number of amides is 1. The smallest absolute Gasteiger partial charge is 0.256 e. The number of ether oxygens (including phenoxy) is 1. The average molecular weight is 457 g/mol. The number of carbonyl (C=O) groups excluding carboxylic acids is 1. The molecule has 1 unspecified atom stereocenters. The Morgan fingerprint density at radius 3 is 2.94 bits per heavy atom. The van der Waals surface area contributed by atoms with Crippen LogP contribution in [-0.4, -0.2) is 57.7 Å².